The van der Waals surface area contributed by atoms with Crippen LogP contribution in [0.5, 0.6) is 0 Å². The molecule has 0 aromatic rings. The second kappa shape index (κ2) is 19.9. The summed E-state index contributed by atoms with van der Waals surface area (Å²) in [6.45, 7) is 12.3. The predicted octanol–water partition coefficient (Wildman–Crippen LogP) is 4.14. The molecule has 2 saturated heterocycles. The van der Waals surface area contributed by atoms with Crippen LogP contribution in [0.25, 0.3) is 0 Å². The molecule has 3 heterocycles. The number of esters is 1. The number of hydrogen-bond donors (Lipinski definition) is 5. The van der Waals surface area contributed by atoms with Gasteiger partial charge in [0, 0.05) is 57.5 Å². The number of carbonyl (C=O) groups excluding carboxylic acids is 2. The van der Waals surface area contributed by atoms with E-state index < -0.39 is 53.6 Å². The van der Waals surface area contributed by atoms with Crippen molar-refractivity contribution >= 4 is 18.0 Å². The van der Waals surface area contributed by atoms with Crippen LogP contribution in [-0.2, 0) is 28.5 Å². The van der Waals surface area contributed by atoms with Crippen LogP contribution in [0.15, 0.2) is 36.0 Å². The standard InChI is InChI=1S/C37H60N2O11.CH4/c1-8-28(41)25(4)34-29(48-34)21-36(5,46)16-9-10-23(2)33-24(3)11-13-30(37(6,47-7)17-15-27(40)20-32(44)50-33)49-35(45)39-19-18-38-26(22-39)12-14-31(42)43;/h9-11,13,16,24-30,33-34,38,40-41,46H,8,12,14-15,17-22H2,1-7H3,(H,42,43);1H4/b13-11+,16-9+,23-10+;/t24-,25+,26+,27+,28-,29+,30-,33+,34+,36-,37+;/m0./s1. The maximum atomic E-state index is 13.5. The van der Waals surface area contributed by atoms with Gasteiger partial charge in [-0.1, -0.05) is 52.5 Å². The second-order valence-corrected chi connectivity index (χ2v) is 14.7. The highest BCUT2D eigenvalue weighted by Crippen LogP contribution is 2.37. The quantitative estimate of drug-likeness (QED) is 0.0792. The summed E-state index contributed by atoms with van der Waals surface area (Å²) in [4.78, 5) is 39.0. The summed E-state index contributed by atoms with van der Waals surface area (Å²) in [6.07, 6.45) is 6.52. The number of amides is 1. The third-order valence-electron chi connectivity index (χ3n) is 10.3. The molecule has 51 heavy (non-hydrogen) atoms. The Hall–Kier alpha value is -2.81. The topological polar surface area (TPSA) is 188 Å². The normalized spacial score (nSPS) is 33.8. The maximum absolute atomic E-state index is 13.5. The molecule has 11 atom stereocenters. The number of aliphatic hydroxyl groups excluding tert-OH is 2. The smallest absolute Gasteiger partial charge is 0.410 e. The maximum Gasteiger partial charge on any atom is 0.410 e. The molecule has 2 fully saturated rings. The Morgan fingerprint density at radius 1 is 1.29 bits per heavy atom. The molecule has 0 radical (unpaired) electrons. The summed E-state index contributed by atoms with van der Waals surface area (Å²) in [5.74, 6) is -1.85. The average Bonchev–Trinajstić information content (AvgIpc) is 3.83. The van der Waals surface area contributed by atoms with Gasteiger partial charge < -0.3 is 49.6 Å². The van der Waals surface area contributed by atoms with Gasteiger partial charge in [-0.25, -0.2) is 4.79 Å². The Balaban J connectivity index is 0.00000901. The second-order valence-electron chi connectivity index (χ2n) is 14.7. The van der Waals surface area contributed by atoms with Gasteiger partial charge in [-0.3, -0.25) is 9.59 Å². The molecule has 0 saturated carbocycles. The molecule has 13 nitrogen and oxygen atoms in total. The van der Waals surface area contributed by atoms with Crippen molar-refractivity contribution in [3.8, 4) is 0 Å². The van der Waals surface area contributed by atoms with Crippen LogP contribution in [0.2, 0.25) is 0 Å². The molecule has 0 aromatic carbocycles. The Kier molecular flexibility index (Phi) is 17.3. The van der Waals surface area contributed by atoms with E-state index in [0.29, 0.717) is 44.5 Å². The van der Waals surface area contributed by atoms with Gasteiger partial charge in [0.1, 0.15) is 11.7 Å². The van der Waals surface area contributed by atoms with Crippen molar-refractivity contribution < 1.29 is 53.8 Å². The summed E-state index contributed by atoms with van der Waals surface area (Å²) in [5, 5.41) is 44.3. The minimum absolute atomic E-state index is 0. The van der Waals surface area contributed by atoms with Crippen molar-refractivity contribution in [2.45, 2.75) is 148 Å². The number of aliphatic hydroxyl groups is 3. The molecule has 3 aliphatic heterocycles. The highest BCUT2D eigenvalue weighted by molar-refractivity contribution is 5.70. The number of cyclic esters (lactones) is 1. The number of ether oxygens (including phenoxy) is 4. The molecule has 0 aliphatic carbocycles. The lowest BCUT2D eigenvalue weighted by Crippen LogP contribution is -2.54. The number of methoxy groups -OCH3 is 1. The summed E-state index contributed by atoms with van der Waals surface area (Å²) < 4.78 is 23.6. The van der Waals surface area contributed by atoms with E-state index in [1.807, 2.05) is 33.8 Å². The average molecular weight is 725 g/mol. The largest absolute Gasteiger partial charge is 0.481 e. The zero-order chi connectivity index (χ0) is 37.2. The first kappa shape index (κ1) is 44.4. The van der Waals surface area contributed by atoms with Crippen molar-refractivity contribution in [3.63, 3.8) is 0 Å². The van der Waals surface area contributed by atoms with Crippen LogP contribution >= 0.6 is 0 Å². The van der Waals surface area contributed by atoms with Crippen LogP contribution in [0.3, 0.4) is 0 Å². The van der Waals surface area contributed by atoms with E-state index >= 15 is 0 Å². The van der Waals surface area contributed by atoms with E-state index in [2.05, 4.69) is 5.32 Å². The zero-order valence-electron chi connectivity index (χ0n) is 30.7. The molecular weight excluding hydrogens is 660 g/mol. The first-order valence-electron chi connectivity index (χ1n) is 17.9. The first-order chi connectivity index (χ1) is 23.5. The van der Waals surface area contributed by atoms with E-state index in [4.69, 9.17) is 24.1 Å². The molecule has 3 aliphatic rings. The molecule has 292 valence electrons. The lowest BCUT2D eigenvalue weighted by atomic mass is 9.88. The van der Waals surface area contributed by atoms with Crippen LogP contribution in [0, 0.1) is 11.8 Å². The Labute approximate surface area is 304 Å². The number of carbonyl (C=O) groups is 3. The van der Waals surface area contributed by atoms with E-state index in [9.17, 15) is 29.7 Å². The Morgan fingerprint density at radius 2 is 2.00 bits per heavy atom. The van der Waals surface area contributed by atoms with Crippen molar-refractivity contribution in [2.24, 2.45) is 11.8 Å². The summed E-state index contributed by atoms with van der Waals surface area (Å²) >= 11 is 0. The number of nitrogens with zero attached hydrogens (tertiary/aromatic N) is 1. The number of carboxylic acids is 1. The number of nitrogens with one attached hydrogen (secondary N) is 1. The van der Waals surface area contributed by atoms with Crippen LogP contribution in [-0.4, -0.2) is 124 Å². The number of carboxylic acid groups (broad SMARTS) is 1. The van der Waals surface area contributed by atoms with Gasteiger partial charge in [0.15, 0.2) is 6.10 Å². The predicted molar refractivity (Wildman–Crippen MR) is 193 cm³/mol. The lowest BCUT2D eigenvalue weighted by molar-refractivity contribution is -0.151. The van der Waals surface area contributed by atoms with Crippen LogP contribution in [0.4, 0.5) is 4.79 Å². The van der Waals surface area contributed by atoms with Gasteiger partial charge in [-0.2, -0.15) is 0 Å². The molecule has 0 unspecified atom stereocenters. The van der Waals surface area contributed by atoms with Crippen LogP contribution < -0.4 is 5.32 Å². The first-order valence-corrected chi connectivity index (χ1v) is 17.9. The third kappa shape index (κ3) is 13.6. The van der Waals surface area contributed by atoms with Gasteiger partial charge in [-0.15, -0.1) is 0 Å². The van der Waals surface area contributed by atoms with Crippen molar-refractivity contribution in [1.29, 1.82) is 0 Å². The molecule has 0 spiro atoms. The lowest BCUT2D eigenvalue weighted by Gasteiger charge is -2.38. The van der Waals surface area contributed by atoms with E-state index in [1.165, 1.54) is 7.11 Å². The Morgan fingerprint density at radius 3 is 2.65 bits per heavy atom. The van der Waals surface area contributed by atoms with Gasteiger partial charge in [-0.05, 0) is 58.1 Å². The van der Waals surface area contributed by atoms with Crippen molar-refractivity contribution in [2.75, 3.05) is 26.7 Å². The fourth-order valence-corrected chi connectivity index (χ4v) is 6.67. The van der Waals surface area contributed by atoms with Crippen LogP contribution in [0.1, 0.15) is 93.9 Å². The Bertz CT molecular complexity index is 1240. The summed E-state index contributed by atoms with van der Waals surface area (Å²) in [7, 11) is 1.51. The molecular formula is C38H64N2O11. The van der Waals surface area contributed by atoms with Crippen molar-refractivity contribution in [3.05, 3.63) is 36.0 Å². The molecule has 0 bridgehead atoms. The number of hydrogen-bond acceptors (Lipinski definition) is 11. The minimum Gasteiger partial charge on any atom is -0.481 e. The highest BCUT2D eigenvalue weighted by atomic mass is 16.6. The molecule has 3 rings (SSSR count). The number of allylic oxidation sites excluding steroid dienone is 2. The SMILES string of the molecule is C.CC[C@H](O)[C@@H](C)[C@H]1O[C@@H]1C[C@@](C)(O)/C=C/C=C(\C)[C@H]1OC(=O)C[C@H](O)CC[C@@](C)(OC)[C@@H](OC(=O)N2CCN[C@H](CCC(=O)O)C2)/C=C/[C@@H]1C. The fourth-order valence-electron chi connectivity index (χ4n) is 6.67. The van der Waals surface area contributed by atoms with E-state index in [0.717, 1.165) is 0 Å². The number of rotatable bonds is 13. The number of aliphatic carboxylic acids is 1. The zero-order valence-corrected chi connectivity index (χ0v) is 30.7. The summed E-state index contributed by atoms with van der Waals surface area (Å²) in [5.41, 5.74) is -1.50. The van der Waals surface area contributed by atoms with E-state index in [1.54, 1.807) is 43.1 Å². The summed E-state index contributed by atoms with van der Waals surface area (Å²) in [6, 6.07) is -0.173. The van der Waals surface area contributed by atoms with Gasteiger partial charge in [0.2, 0.25) is 0 Å². The monoisotopic (exact) mass is 724 g/mol. The number of piperazine rings is 1. The van der Waals surface area contributed by atoms with Gasteiger partial charge in [0.25, 0.3) is 0 Å². The third-order valence-corrected chi connectivity index (χ3v) is 10.3. The molecule has 0 aromatic heterocycles. The molecule has 13 heteroatoms. The van der Waals surface area contributed by atoms with Crippen molar-refractivity contribution in [1.82, 2.24) is 10.2 Å². The van der Waals surface area contributed by atoms with Gasteiger partial charge in [0.05, 0.1) is 36.4 Å². The highest BCUT2D eigenvalue weighted by Gasteiger charge is 2.47. The minimum atomic E-state index is -1.17. The fraction of sp³-hybridized carbons (Fsp3) is 0.763. The number of epoxide rings is 1. The van der Waals surface area contributed by atoms with E-state index in [-0.39, 0.29) is 63.2 Å². The molecule has 1 amide bonds. The molecule has 5 N–H and O–H groups in total. The van der Waals surface area contributed by atoms with Gasteiger partial charge >= 0.3 is 18.0 Å².